The second-order valence-corrected chi connectivity index (χ2v) is 33.1. The number of amides is 1. The number of hydrogen-bond acceptors (Lipinski definition) is 14. The van der Waals surface area contributed by atoms with Crippen molar-refractivity contribution in [1.82, 2.24) is 29.4 Å². The number of carbonyl (C=O) groups is 4. The van der Waals surface area contributed by atoms with Gasteiger partial charge in [-0.25, -0.2) is 0 Å². The van der Waals surface area contributed by atoms with Crippen LogP contribution in [0.25, 0.3) is 0 Å². The van der Waals surface area contributed by atoms with Crippen molar-refractivity contribution < 1.29 is 24.3 Å². The summed E-state index contributed by atoms with van der Waals surface area (Å²) >= 11 is 0. The highest BCUT2D eigenvalue weighted by Gasteiger charge is 2.45. The number of hydrogen-bond donors (Lipinski definition) is 3. The molecule has 10 bridgehead atoms. The lowest BCUT2D eigenvalue weighted by Crippen LogP contribution is -2.47. The summed E-state index contributed by atoms with van der Waals surface area (Å²) in [6.45, 7) is 25.7. The standard InChI is InChI=1S/3C20H24N2.C14H20N2.C8H13NO.C6H7N.C4H9NO.C3H6O.C2H4O2.5C2H6/c3*1-21-18-12-13-19(21)15-20(14-18)22(16-8-4-2-5-9-16)17-10-6-3-7-11-17;1-16-13-7-8-14(16)10-12(9-13)15-11-5-3-2-4-6-11;1-9-6-2-3-7(9)5-8(10)4-6;7-6-4-2-1-3-5-6;1-4(6)5(2)3;1-3(2)4;1-2(3)4;5*1-2/h3*2-11,18-20H,12-15H2,1H3;2-6,12-15H,7-10H2,1H3;6-7H,2-5H2,1H3;1-5H,7H2;1-3H3;1-2H3;1H3,(H,3,4);5*1-2H3/t3*18-,19+,20?;12?,13-,14+;6-,7+;;;;;;;;;. The summed E-state index contributed by atoms with van der Waals surface area (Å²) in [4.78, 5) is 61.6. The van der Waals surface area contributed by atoms with E-state index in [2.05, 4.69) is 292 Å². The third-order valence-electron chi connectivity index (χ3n) is 25.1. The first-order valence-electron chi connectivity index (χ1n) is 46.8. The van der Waals surface area contributed by atoms with Crippen molar-refractivity contribution in [2.75, 3.05) is 75.1 Å². The minimum Gasteiger partial charge on any atom is -0.481 e. The van der Waals surface area contributed by atoms with Gasteiger partial charge in [-0.1, -0.05) is 215 Å². The van der Waals surface area contributed by atoms with Gasteiger partial charge in [0.05, 0.1) is 0 Å². The van der Waals surface area contributed by atoms with Crippen LogP contribution in [0.5, 0.6) is 0 Å². The predicted molar refractivity (Wildman–Crippen MR) is 526 cm³/mol. The number of para-hydroxylation sites is 8. The first-order chi connectivity index (χ1) is 59.6. The van der Waals surface area contributed by atoms with Crippen LogP contribution in [0.2, 0.25) is 0 Å². The largest absolute Gasteiger partial charge is 0.481 e. The summed E-state index contributed by atoms with van der Waals surface area (Å²) in [5.41, 5.74) is 15.4. The van der Waals surface area contributed by atoms with Crippen LogP contribution in [-0.2, 0) is 19.2 Å². The third-order valence-corrected chi connectivity index (χ3v) is 25.1. The molecule has 10 heterocycles. The van der Waals surface area contributed by atoms with Gasteiger partial charge in [0.15, 0.2) is 0 Å². The predicted octanol–water partition coefficient (Wildman–Crippen LogP) is 24.1. The van der Waals surface area contributed by atoms with Crippen molar-refractivity contribution >= 4 is 68.9 Å². The first-order valence-corrected chi connectivity index (χ1v) is 46.8. The Morgan fingerprint density at radius 2 is 0.488 bits per heavy atom. The number of aliphatic carboxylic acids is 1. The molecule has 0 spiro atoms. The SMILES string of the molecule is CC.CC.CC.CC.CC.CC(=O)N(C)C.CC(=O)O.CC(C)=O.CN1[C@@H]2CC[C@H]1CC(=O)C2.CN1[C@@H]2CC[C@H]1CC(N(c1ccccc1)c1ccccc1)C2.CN1[C@@H]2CC[C@H]1CC(N(c1ccccc1)c1ccccc1)C2.CN1[C@@H]2CC[C@H]1CC(N(c1ccccc1)c1ccccc1)C2.CN1[C@@H]2CC[C@H]1CC(Nc1ccccc1)C2.Nc1ccccc1. The fourth-order valence-corrected chi connectivity index (χ4v) is 19.0. The fourth-order valence-electron chi connectivity index (χ4n) is 19.0. The summed E-state index contributed by atoms with van der Waals surface area (Å²) in [7, 11) is 14.8. The lowest BCUT2D eigenvalue weighted by Gasteiger charge is -2.43. The number of carboxylic acids is 1. The Labute approximate surface area is 746 Å². The quantitative estimate of drug-likeness (QED) is 0.105. The molecule has 8 aromatic carbocycles. The maximum absolute atomic E-state index is 11.0. The molecule has 10 fully saturated rings. The fraction of sp³-hybridized carbons (Fsp3) is 0.514. The number of fused-ring (bicyclic) bond motifs is 10. The highest BCUT2D eigenvalue weighted by molar-refractivity contribution is 5.81. The zero-order valence-corrected chi connectivity index (χ0v) is 79.5. The van der Waals surface area contributed by atoms with Crippen LogP contribution in [0.15, 0.2) is 243 Å². The Kier molecular flexibility index (Phi) is 48.7. The highest BCUT2D eigenvalue weighted by atomic mass is 16.4. The highest BCUT2D eigenvalue weighted by Crippen LogP contribution is 2.45. The molecule has 0 aromatic heterocycles. The molecule has 0 radical (unpaired) electrons. The van der Waals surface area contributed by atoms with E-state index in [4.69, 9.17) is 15.6 Å². The molecule has 14 atom stereocenters. The number of piperidine rings is 5. The van der Waals surface area contributed by atoms with E-state index in [1.807, 2.05) is 99.6 Å². The van der Waals surface area contributed by atoms with Gasteiger partial charge in [-0.05, 0) is 262 Å². The monoisotopic (exact) mass is 1680 g/mol. The Morgan fingerprint density at radius 3 is 0.675 bits per heavy atom. The third kappa shape index (κ3) is 33.4. The van der Waals surface area contributed by atoms with Gasteiger partial charge in [-0.2, -0.15) is 0 Å². The lowest BCUT2D eigenvalue weighted by atomic mass is 9.95. The van der Waals surface area contributed by atoms with Gasteiger partial charge in [0.25, 0.3) is 5.97 Å². The van der Waals surface area contributed by atoms with E-state index in [9.17, 15) is 14.4 Å². The van der Waals surface area contributed by atoms with Crippen molar-refractivity contribution in [3.8, 4) is 0 Å². The smallest absolute Gasteiger partial charge is 0.300 e. The molecule has 123 heavy (non-hydrogen) atoms. The molecule has 10 saturated heterocycles. The van der Waals surface area contributed by atoms with Crippen molar-refractivity contribution in [2.45, 2.75) is 310 Å². The van der Waals surface area contributed by atoms with Crippen LogP contribution in [0.4, 0.5) is 45.5 Å². The van der Waals surface area contributed by atoms with E-state index in [0.717, 1.165) is 73.8 Å². The van der Waals surface area contributed by atoms with Crippen LogP contribution in [0, 0.1) is 0 Å². The van der Waals surface area contributed by atoms with E-state index in [1.54, 1.807) is 14.1 Å². The molecule has 0 aliphatic carbocycles. The Morgan fingerprint density at radius 1 is 0.317 bits per heavy atom. The van der Waals surface area contributed by atoms with Crippen LogP contribution in [0.3, 0.4) is 0 Å². The minimum atomic E-state index is -0.833. The summed E-state index contributed by atoms with van der Waals surface area (Å²) in [6.07, 6.45) is 25.4. The van der Waals surface area contributed by atoms with Gasteiger partial charge in [0, 0.05) is 171 Å². The zero-order valence-electron chi connectivity index (χ0n) is 79.5. The number of anilines is 8. The second-order valence-electron chi connectivity index (χ2n) is 33.1. The molecule has 8 aromatic rings. The normalized spacial score (nSPS) is 24.2. The molecule has 4 N–H and O–H groups in total. The molecular weight excluding hydrogens is 1520 g/mol. The average molecular weight is 1680 g/mol. The molecule has 1 amide bonds. The Balaban J connectivity index is 0.000000255. The number of nitrogens with zero attached hydrogens (tertiary/aromatic N) is 9. The Bertz CT molecular complexity index is 3600. The summed E-state index contributed by atoms with van der Waals surface area (Å²) in [5, 5.41) is 11.1. The van der Waals surface area contributed by atoms with Crippen LogP contribution < -0.4 is 25.8 Å². The number of ketones is 2. The summed E-state index contributed by atoms with van der Waals surface area (Å²) in [5.74, 6) is -0.0967. The number of carbonyl (C=O) groups excluding carboxylic acids is 3. The van der Waals surface area contributed by atoms with E-state index < -0.39 is 5.97 Å². The molecule has 4 unspecified atom stereocenters. The van der Waals surface area contributed by atoms with Gasteiger partial charge < -0.3 is 60.2 Å². The molecular formula is C107H161N11O5. The second kappa shape index (κ2) is 57.4. The van der Waals surface area contributed by atoms with Crippen molar-refractivity contribution in [3.63, 3.8) is 0 Å². The number of rotatable bonds is 11. The van der Waals surface area contributed by atoms with Crippen LogP contribution in [-0.4, -0.2) is 192 Å². The van der Waals surface area contributed by atoms with Gasteiger partial charge in [0.1, 0.15) is 11.6 Å². The van der Waals surface area contributed by atoms with Gasteiger partial charge in [0.2, 0.25) is 5.91 Å². The van der Waals surface area contributed by atoms with Gasteiger partial charge in [-0.15, -0.1) is 0 Å². The molecule has 0 saturated carbocycles. The number of carboxylic acid groups (broad SMARTS) is 1. The molecule has 674 valence electrons. The molecule has 18 rings (SSSR count). The minimum absolute atomic E-state index is 0.0926. The number of nitrogens with one attached hydrogen (secondary N) is 1. The van der Waals surface area contributed by atoms with Crippen LogP contribution in [0.1, 0.15) is 225 Å². The number of Topliss-reactive ketones (excluding diaryl/α,β-unsaturated/α-hetero) is 2. The molecule has 16 nitrogen and oxygen atoms in total. The van der Waals surface area contributed by atoms with E-state index in [-0.39, 0.29) is 11.7 Å². The average Bonchev–Trinajstić information content (AvgIpc) is 1.10. The van der Waals surface area contributed by atoms with Crippen LogP contribution >= 0.6 is 0 Å². The van der Waals surface area contributed by atoms with E-state index in [1.165, 1.54) is 181 Å². The summed E-state index contributed by atoms with van der Waals surface area (Å²) in [6, 6.07) is 95.3. The van der Waals surface area contributed by atoms with Crippen molar-refractivity contribution in [3.05, 3.63) is 243 Å². The molecule has 16 heteroatoms. The number of nitrogens with two attached hydrogens (primary N) is 1. The molecule has 10 aliphatic heterocycles. The lowest BCUT2D eigenvalue weighted by molar-refractivity contribution is -0.134. The van der Waals surface area contributed by atoms with Gasteiger partial charge >= 0.3 is 0 Å². The van der Waals surface area contributed by atoms with Gasteiger partial charge in [-0.3, -0.25) is 19.3 Å². The topological polar surface area (TPSA) is 156 Å². The van der Waals surface area contributed by atoms with Crippen molar-refractivity contribution in [1.29, 1.82) is 0 Å². The maximum atomic E-state index is 11.0. The molecule has 10 aliphatic rings. The van der Waals surface area contributed by atoms with E-state index >= 15 is 0 Å². The maximum Gasteiger partial charge on any atom is 0.300 e. The summed E-state index contributed by atoms with van der Waals surface area (Å²) < 4.78 is 0. The zero-order chi connectivity index (χ0) is 90.3. The van der Waals surface area contributed by atoms with Crippen molar-refractivity contribution in [2.24, 2.45) is 0 Å². The first kappa shape index (κ1) is 104. The number of nitrogen functional groups attached to an aromatic ring is 1. The number of benzene rings is 8. The Hall–Kier alpha value is -9.16. The van der Waals surface area contributed by atoms with E-state index in [0.29, 0.717) is 42.0 Å².